The maximum absolute atomic E-state index is 12.6. The molecular weight excluding hydrogens is 298 g/mol. The summed E-state index contributed by atoms with van der Waals surface area (Å²) in [5, 5.41) is 4.94. The average Bonchev–Trinajstić information content (AvgIpc) is 3.16. The number of rotatable bonds is 3. The maximum atomic E-state index is 12.6. The number of carbonyl (C=O) groups excluding carboxylic acids is 1. The molecule has 0 spiro atoms. The molecule has 3 rings (SSSR count). The maximum Gasteiger partial charge on any atom is 0.257 e. The summed E-state index contributed by atoms with van der Waals surface area (Å²) in [4.78, 5) is 14.5. The lowest BCUT2D eigenvalue weighted by atomic mass is 9.95. The number of likely N-dealkylation sites (tertiary alicyclic amines) is 1. The fourth-order valence-electron chi connectivity index (χ4n) is 2.89. The van der Waals surface area contributed by atoms with Crippen LogP contribution in [0.15, 0.2) is 36.7 Å². The molecule has 1 aliphatic heterocycles. The van der Waals surface area contributed by atoms with Crippen LogP contribution in [0.4, 0.5) is 0 Å². The summed E-state index contributed by atoms with van der Waals surface area (Å²) in [5.41, 5.74) is 1.48. The van der Waals surface area contributed by atoms with Crippen LogP contribution < -0.4 is 0 Å². The number of hydrogen-bond donors (Lipinski definition) is 0. The van der Waals surface area contributed by atoms with Gasteiger partial charge in [-0.15, -0.1) is 0 Å². The third-order valence-electron chi connectivity index (χ3n) is 4.36. The van der Waals surface area contributed by atoms with Crippen LogP contribution in [-0.4, -0.2) is 33.7 Å². The fourth-order valence-corrected chi connectivity index (χ4v) is 3.08. The molecule has 0 radical (unpaired) electrons. The number of halogens is 1. The van der Waals surface area contributed by atoms with Gasteiger partial charge in [-0.2, -0.15) is 5.10 Å². The third kappa shape index (κ3) is 3.02. The van der Waals surface area contributed by atoms with Crippen molar-refractivity contribution >= 4 is 17.5 Å². The zero-order valence-electron chi connectivity index (χ0n) is 12.9. The molecule has 2 aromatic rings. The molecule has 1 unspecified atom stereocenters. The van der Waals surface area contributed by atoms with Crippen LogP contribution in [0.2, 0.25) is 5.02 Å². The predicted octanol–water partition coefficient (Wildman–Crippen LogP) is 3.64. The van der Waals surface area contributed by atoms with Crippen molar-refractivity contribution in [1.82, 2.24) is 14.7 Å². The summed E-state index contributed by atoms with van der Waals surface area (Å²) in [7, 11) is 0. The summed E-state index contributed by atoms with van der Waals surface area (Å²) in [6.45, 7) is 6.12. The molecule has 0 saturated carbocycles. The van der Waals surface area contributed by atoms with Crippen LogP contribution in [0.1, 0.15) is 30.6 Å². The van der Waals surface area contributed by atoms with Crippen LogP contribution >= 0.6 is 11.6 Å². The molecule has 116 valence electrons. The molecule has 1 aromatic carbocycles. The first-order valence-electron chi connectivity index (χ1n) is 7.64. The summed E-state index contributed by atoms with van der Waals surface area (Å²) < 4.78 is 1.69. The van der Waals surface area contributed by atoms with Gasteiger partial charge in [-0.05, 0) is 36.5 Å². The van der Waals surface area contributed by atoms with Crippen molar-refractivity contribution in [2.75, 3.05) is 13.1 Å². The normalized spacial score (nSPS) is 18.2. The summed E-state index contributed by atoms with van der Waals surface area (Å²) in [5.74, 6) is 1.29. The van der Waals surface area contributed by atoms with Gasteiger partial charge in [-0.3, -0.25) is 4.79 Å². The van der Waals surface area contributed by atoms with Gasteiger partial charge in [0.05, 0.1) is 17.4 Å². The molecule has 1 aliphatic rings. The molecule has 1 atom stereocenters. The number of amides is 1. The van der Waals surface area contributed by atoms with Crippen LogP contribution in [0, 0.1) is 11.8 Å². The molecular formula is C17H20ClN3O. The number of nitrogens with zero attached hydrogens (tertiary/aromatic N) is 3. The van der Waals surface area contributed by atoms with Gasteiger partial charge in [-0.25, -0.2) is 4.68 Å². The van der Waals surface area contributed by atoms with Gasteiger partial charge in [-0.1, -0.05) is 31.5 Å². The zero-order valence-corrected chi connectivity index (χ0v) is 13.6. The largest absolute Gasteiger partial charge is 0.338 e. The molecule has 1 saturated heterocycles. The number of benzene rings is 1. The smallest absolute Gasteiger partial charge is 0.257 e. The van der Waals surface area contributed by atoms with E-state index in [0.29, 0.717) is 22.4 Å². The van der Waals surface area contributed by atoms with Crippen molar-refractivity contribution in [2.45, 2.75) is 20.3 Å². The van der Waals surface area contributed by atoms with Crippen molar-refractivity contribution in [3.63, 3.8) is 0 Å². The average molecular weight is 318 g/mol. The minimum absolute atomic E-state index is 0.0661. The number of carbonyl (C=O) groups is 1. The summed E-state index contributed by atoms with van der Waals surface area (Å²) >= 11 is 6.00. The van der Waals surface area contributed by atoms with E-state index in [1.165, 1.54) is 0 Å². The lowest BCUT2D eigenvalue weighted by Crippen LogP contribution is -2.29. The van der Waals surface area contributed by atoms with Crippen LogP contribution in [0.3, 0.4) is 0 Å². The molecule has 22 heavy (non-hydrogen) atoms. The van der Waals surface area contributed by atoms with Crippen molar-refractivity contribution < 1.29 is 4.79 Å². The Kier molecular flexibility index (Phi) is 4.21. The van der Waals surface area contributed by atoms with Crippen LogP contribution in [0.5, 0.6) is 0 Å². The van der Waals surface area contributed by atoms with Gasteiger partial charge in [0.1, 0.15) is 0 Å². The van der Waals surface area contributed by atoms with Gasteiger partial charge < -0.3 is 4.90 Å². The second-order valence-electron chi connectivity index (χ2n) is 6.20. The van der Waals surface area contributed by atoms with E-state index in [4.69, 9.17) is 11.6 Å². The lowest BCUT2D eigenvalue weighted by Gasteiger charge is -2.17. The standard InChI is InChI=1S/C17H20ClN3O/c1-12(2)13-6-7-20(10-13)17(22)14-9-19-21(11-14)16-5-3-4-15(18)8-16/h3-5,8-9,11-13H,6-7,10H2,1-2H3. The van der Waals surface area contributed by atoms with Crippen LogP contribution in [0.25, 0.3) is 5.69 Å². The Hall–Kier alpha value is -1.81. The van der Waals surface area contributed by atoms with Gasteiger partial charge >= 0.3 is 0 Å². The first-order valence-corrected chi connectivity index (χ1v) is 8.02. The molecule has 1 amide bonds. The van der Waals surface area contributed by atoms with Gasteiger partial charge in [0.15, 0.2) is 0 Å². The third-order valence-corrected chi connectivity index (χ3v) is 4.59. The highest BCUT2D eigenvalue weighted by Crippen LogP contribution is 2.25. The van der Waals surface area contributed by atoms with E-state index >= 15 is 0 Å². The minimum Gasteiger partial charge on any atom is -0.338 e. The topological polar surface area (TPSA) is 38.1 Å². The molecule has 0 aliphatic carbocycles. The quantitative estimate of drug-likeness (QED) is 0.866. The van der Waals surface area contributed by atoms with Gasteiger partial charge in [0, 0.05) is 24.3 Å². The van der Waals surface area contributed by atoms with E-state index in [2.05, 4.69) is 18.9 Å². The van der Waals surface area contributed by atoms with E-state index in [9.17, 15) is 4.79 Å². The Morgan fingerprint density at radius 2 is 2.23 bits per heavy atom. The van der Waals surface area contributed by atoms with E-state index in [0.717, 1.165) is 25.2 Å². The second-order valence-corrected chi connectivity index (χ2v) is 6.63. The molecule has 1 aromatic heterocycles. The van der Waals surface area contributed by atoms with E-state index in [1.807, 2.05) is 29.2 Å². The fraction of sp³-hybridized carbons (Fsp3) is 0.412. The summed E-state index contributed by atoms with van der Waals surface area (Å²) in [6, 6.07) is 7.43. The first kappa shape index (κ1) is 15.1. The zero-order chi connectivity index (χ0) is 15.7. The Labute approximate surface area is 135 Å². The first-order chi connectivity index (χ1) is 10.5. The van der Waals surface area contributed by atoms with Crippen molar-refractivity contribution in [3.05, 3.63) is 47.2 Å². The highest BCUT2D eigenvalue weighted by Gasteiger charge is 2.29. The molecule has 0 bridgehead atoms. The Bertz CT molecular complexity index is 680. The van der Waals surface area contributed by atoms with Crippen LogP contribution in [-0.2, 0) is 0 Å². The van der Waals surface area contributed by atoms with E-state index in [-0.39, 0.29) is 5.91 Å². The molecule has 0 N–H and O–H groups in total. The highest BCUT2D eigenvalue weighted by atomic mass is 35.5. The second kappa shape index (κ2) is 6.13. The Morgan fingerprint density at radius 3 is 2.91 bits per heavy atom. The Morgan fingerprint density at radius 1 is 1.41 bits per heavy atom. The highest BCUT2D eigenvalue weighted by molar-refractivity contribution is 6.30. The molecule has 5 heteroatoms. The number of hydrogen-bond acceptors (Lipinski definition) is 2. The van der Waals surface area contributed by atoms with Crippen molar-refractivity contribution in [3.8, 4) is 5.69 Å². The van der Waals surface area contributed by atoms with E-state index < -0.39 is 0 Å². The minimum atomic E-state index is 0.0661. The molecule has 1 fully saturated rings. The number of aromatic nitrogens is 2. The molecule has 2 heterocycles. The van der Waals surface area contributed by atoms with Gasteiger partial charge in [0.25, 0.3) is 5.91 Å². The summed E-state index contributed by atoms with van der Waals surface area (Å²) in [6.07, 6.45) is 4.49. The van der Waals surface area contributed by atoms with Gasteiger partial charge in [0.2, 0.25) is 0 Å². The van der Waals surface area contributed by atoms with E-state index in [1.54, 1.807) is 17.1 Å². The lowest BCUT2D eigenvalue weighted by molar-refractivity contribution is 0.0784. The SMILES string of the molecule is CC(C)C1CCN(C(=O)c2cnn(-c3cccc(Cl)c3)c2)C1. The monoisotopic (exact) mass is 317 g/mol. The van der Waals surface area contributed by atoms with Crippen molar-refractivity contribution in [1.29, 1.82) is 0 Å². The Balaban J connectivity index is 1.75. The van der Waals surface area contributed by atoms with Crippen molar-refractivity contribution in [2.24, 2.45) is 11.8 Å². The predicted molar refractivity (Wildman–Crippen MR) is 87.4 cm³/mol. The molecule has 4 nitrogen and oxygen atoms in total.